The van der Waals surface area contributed by atoms with Crippen molar-refractivity contribution in [2.75, 3.05) is 31.9 Å². The Hall–Kier alpha value is -0.510. The number of piperazine rings is 1. The van der Waals surface area contributed by atoms with Gasteiger partial charge in [0, 0.05) is 42.9 Å². The van der Waals surface area contributed by atoms with Crippen LogP contribution in [0.3, 0.4) is 0 Å². The second-order valence-corrected chi connectivity index (χ2v) is 5.99. The molecule has 1 aromatic carbocycles. The molecule has 3 heteroatoms. The maximum Gasteiger partial charge on any atom is 0.0167 e. The van der Waals surface area contributed by atoms with Gasteiger partial charge in [-0.3, -0.25) is 4.90 Å². The number of hydrogen-bond donors (Lipinski definition) is 1. The van der Waals surface area contributed by atoms with Crippen molar-refractivity contribution in [3.05, 3.63) is 29.8 Å². The number of nitrogens with one attached hydrogen (secondary N) is 1. The summed E-state index contributed by atoms with van der Waals surface area (Å²) < 4.78 is 0. The van der Waals surface area contributed by atoms with E-state index in [0.717, 1.165) is 6.54 Å². The van der Waals surface area contributed by atoms with Crippen LogP contribution in [0.25, 0.3) is 0 Å². The quantitative estimate of drug-likeness (QED) is 0.826. The van der Waals surface area contributed by atoms with Crippen LogP contribution in [0.2, 0.25) is 0 Å². The summed E-state index contributed by atoms with van der Waals surface area (Å²) in [4.78, 5) is 3.95. The van der Waals surface area contributed by atoms with E-state index >= 15 is 0 Å². The number of nitrogens with zero attached hydrogens (tertiary/aromatic N) is 1. The van der Waals surface area contributed by atoms with Crippen LogP contribution in [-0.2, 0) is 0 Å². The Kier molecular flexibility index (Phi) is 4.89. The van der Waals surface area contributed by atoms with Gasteiger partial charge in [0.05, 0.1) is 0 Å². The minimum atomic E-state index is 0.646. The zero-order valence-corrected chi connectivity index (χ0v) is 11.6. The van der Waals surface area contributed by atoms with Gasteiger partial charge in [0.25, 0.3) is 0 Å². The van der Waals surface area contributed by atoms with Crippen molar-refractivity contribution in [2.45, 2.75) is 24.8 Å². The molecule has 94 valence electrons. The first kappa shape index (κ1) is 12.9. The summed E-state index contributed by atoms with van der Waals surface area (Å²) in [6.07, 6.45) is 0. The highest BCUT2D eigenvalue weighted by molar-refractivity contribution is 7.99. The maximum atomic E-state index is 3.48. The van der Waals surface area contributed by atoms with Gasteiger partial charge in [-0.05, 0) is 26.0 Å². The van der Waals surface area contributed by atoms with Crippen molar-refractivity contribution in [3.63, 3.8) is 0 Å². The van der Waals surface area contributed by atoms with E-state index in [1.54, 1.807) is 0 Å². The molecule has 0 bridgehead atoms. The molecule has 2 rings (SSSR count). The number of hydrogen-bond acceptors (Lipinski definition) is 3. The Balaban J connectivity index is 1.70. The molecule has 0 radical (unpaired) electrons. The minimum absolute atomic E-state index is 0.646. The second-order valence-electron chi connectivity index (χ2n) is 4.82. The molecule has 17 heavy (non-hydrogen) atoms. The highest BCUT2D eigenvalue weighted by Crippen LogP contribution is 2.18. The van der Waals surface area contributed by atoms with Crippen LogP contribution in [0.5, 0.6) is 0 Å². The standard InChI is InChI=1S/C14H22N2S/c1-12-3-5-14(6-4-12)17-10-9-16-8-7-15-13(2)11-16/h3-6,13,15H,7-11H2,1-2H3. The average Bonchev–Trinajstić information content (AvgIpc) is 2.32. The predicted molar refractivity (Wildman–Crippen MR) is 75.8 cm³/mol. The van der Waals surface area contributed by atoms with Gasteiger partial charge in [-0.1, -0.05) is 17.7 Å². The molecule has 1 aliphatic heterocycles. The lowest BCUT2D eigenvalue weighted by Crippen LogP contribution is -2.49. The summed E-state index contributed by atoms with van der Waals surface area (Å²) in [5.74, 6) is 1.19. The van der Waals surface area contributed by atoms with Crippen molar-refractivity contribution in [2.24, 2.45) is 0 Å². The van der Waals surface area contributed by atoms with E-state index in [0.29, 0.717) is 6.04 Å². The van der Waals surface area contributed by atoms with Gasteiger partial charge in [0.1, 0.15) is 0 Å². The van der Waals surface area contributed by atoms with Gasteiger partial charge in [0.2, 0.25) is 0 Å². The van der Waals surface area contributed by atoms with Crippen LogP contribution < -0.4 is 5.32 Å². The van der Waals surface area contributed by atoms with E-state index in [1.807, 2.05) is 11.8 Å². The van der Waals surface area contributed by atoms with Crippen LogP contribution in [0, 0.1) is 6.92 Å². The van der Waals surface area contributed by atoms with Crippen molar-refractivity contribution < 1.29 is 0 Å². The smallest absolute Gasteiger partial charge is 0.0167 e. The molecule has 1 atom stereocenters. The summed E-state index contributed by atoms with van der Waals surface area (Å²) in [5, 5.41) is 3.48. The van der Waals surface area contributed by atoms with Crippen molar-refractivity contribution in [1.82, 2.24) is 10.2 Å². The molecule has 0 saturated carbocycles. The lowest BCUT2D eigenvalue weighted by atomic mass is 10.2. The average molecular weight is 250 g/mol. The number of thioether (sulfide) groups is 1. The third-order valence-corrected chi connectivity index (χ3v) is 4.14. The van der Waals surface area contributed by atoms with E-state index in [-0.39, 0.29) is 0 Å². The van der Waals surface area contributed by atoms with Gasteiger partial charge in [-0.2, -0.15) is 0 Å². The summed E-state index contributed by atoms with van der Waals surface area (Å²) in [7, 11) is 0. The zero-order chi connectivity index (χ0) is 12.1. The fraction of sp³-hybridized carbons (Fsp3) is 0.571. The summed E-state index contributed by atoms with van der Waals surface area (Å²) in [6, 6.07) is 9.47. The van der Waals surface area contributed by atoms with E-state index in [4.69, 9.17) is 0 Å². The van der Waals surface area contributed by atoms with Crippen molar-refractivity contribution in [3.8, 4) is 0 Å². The van der Waals surface area contributed by atoms with Crippen LogP contribution >= 0.6 is 11.8 Å². The van der Waals surface area contributed by atoms with Crippen LogP contribution in [0.1, 0.15) is 12.5 Å². The molecule has 2 nitrogen and oxygen atoms in total. The first-order valence-corrected chi connectivity index (χ1v) is 7.38. The fourth-order valence-corrected chi connectivity index (χ4v) is 3.06. The monoisotopic (exact) mass is 250 g/mol. The molecule has 0 aromatic heterocycles. The lowest BCUT2D eigenvalue weighted by molar-refractivity contribution is 0.218. The van der Waals surface area contributed by atoms with E-state index in [1.165, 1.54) is 35.8 Å². The number of benzene rings is 1. The second kappa shape index (κ2) is 6.43. The normalized spacial score (nSPS) is 21.6. The molecule has 1 aromatic rings. The highest BCUT2D eigenvalue weighted by Gasteiger charge is 2.14. The predicted octanol–water partition coefficient (Wildman–Crippen LogP) is 2.38. The zero-order valence-electron chi connectivity index (χ0n) is 10.8. The Labute approximate surface area is 109 Å². The Morgan fingerprint density at radius 2 is 2.12 bits per heavy atom. The van der Waals surface area contributed by atoms with Gasteiger partial charge < -0.3 is 5.32 Å². The molecule has 0 spiro atoms. The maximum absolute atomic E-state index is 3.48. The first-order valence-electron chi connectivity index (χ1n) is 6.39. The fourth-order valence-electron chi connectivity index (χ4n) is 2.14. The molecular weight excluding hydrogens is 228 g/mol. The molecule has 1 aliphatic rings. The van der Waals surface area contributed by atoms with Gasteiger partial charge >= 0.3 is 0 Å². The van der Waals surface area contributed by atoms with Crippen LogP contribution in [0.15, 0.2) is 29.2 Å². The summed E-state index contributed by atoms with van der Waals surface area (Å²) >= 11 is 1.96. The lowest BCUT2D eigenvalue weighted by Gasteiger charge is -2.31. The van der Waals surface area contributed by atoms with E-state index < -0.39 is 0 Å². The number of aryl methyl sites for hydroxylation is 1. The summed E-state index contributed by atoms with van der Waals surface area (Å²) in [5.41, 5.74) is 1.34. The minimum Gasteiger partial charge on any atom is -0.312 e. The third kappa shape index (κ3) is 4.34. The molecule has 0 amide bonds. The highest BCUT2D eigenvalue weighted by atomic mass is 32.2. The Bertz CT molecular complexity index is 337. The van der Waals surface area contributed by atoms with Crippen LogP contribution in [-0.4, -0.2) is 42.9 Å². The van der Waals surface area contributed by atoms with E-state index in [9.17, 15) is 0 Å². The van der Waals surface area contributed by atoms with Crippen molar-refractivity contribution in [1.29, 1.82) is 0 Å². The van der Waals surface area contributed by atoms with E-state index in [2.05, 4.69) is 48.3 Å². The van der Waals surface area contributed by atoms with Crippen LogP contribution in [0.4, 0.5) is 0 Å². The molecular formula is C14H22N2S. The van der Waals surface area contributed by atoms with Gasteiger partial charge in [-0.25, -0.2) is 0 Å². The molecule has 1 saturated heterocycles. The first-order chi connectivity index (χ1) is 8.24. The molecule has 1 heterocycles. The molecule has 1 N–H and O–H groups in total. The van der Waals surface area contributed by atoms with Crippen molar-refractivity contribution >= 4 is 11.8 Å². The molecule has 1 fully saturated rings. The molecule has 0 aliphatic carbocycles. The third-order valence-electron chi connectivity index (χ3n) is 3.15. The topological polar surface area (TPSA) is 15.3 Å². The van der Waals surface area contributed by atoms with Gasteiger partial charge in [-0.15, -0.1) is 11.8 Å². The van der Waals surface area contributed by atoms with Gasteiger partial charge in [0.15, 0.2) is 0 Å². The SMILES string of the molecule is Cc1ccc(SCCN2CCNC(C)C2)cc1. The largest absolute Gasteiger partial charge is 0.312 e. The number of rotatable bonds is 4. The Morgan fingerprint density at radius 1 is 1.35 bits per heavy atom. The Morgan fingerprint density at radius 3 is 2.82 bits per heavy atom. The molecule has 1 unspecified atom stereocenters. The summed E-state index contributed by atoms with van der Waals surface area (Å²) in [6.45, 7) is 9.12.